The van der Waals surface area contributed by atoms with E-state index in [1.165, 1.54) is 11.4 Å². The molecule has 26 heavy (non-hydrogen) atoms. The first-order chi connectivity index (χ1) is 12.0. The highest BCUT2D eigenvalue weighted by Gasteiger charge is 2.33. The van der Waals surface area contributed by atoms with Crippen LogP contribution >= 0.6 is 0 Å². The van der Waals surface area contributed by atoms with Crippen LogP contribution in [0.5, 0.6) is 0 Å². The summed E-state index contributed by atoms with van der Waals surface area (Å²) >= 11 is 0. The van der Waals surface area contributed by atoms with Gasteiger partial charge in [-0.3, -0.25) is 4.79 Å². The van der Waals surface area contributed by atoms with Crippen LogP contribution in [0.25, 0.3) is 0 Å². The van der Waals surface area contributed by atoms with Crippen molar-refractivity contribution in [1.29, 1.82) is 0 Å². The van der Waals surface area contributed by atoms with Gasteiger partial charge in [0.25, 0.3) is 0 Å². The second-order valence-electron chi connectivity index (χ2n) is 7.16. The molecule has 146 valence electrons. The van der Waals surface area contributed by atoms with Crippen LogP contribution in [0.15, 0.2) is 6.07 Å². The van der Waals surface area contributed by atoms with Crippen LogP contribution in [0, 0.1) is 0 Å². The van der Waals surface area contributed by atoms with Gasteiger partial charge in [-0.2, -0.15) is 4.31 Å². The van der Waals surface area contributed by atoms with Gasteiger partial charge in [0.1, 0.15) is 11.6 Å². The number of rotatable bonds is 7. The lowest BCUT2D eigenvalue weighted by Crippen LogP contribution is -2.32. The molecule has 0 saturated carbocycles. The maximum absolute atomic E-state index is 12.2. The molecule has 1 atom stereocenters. The summed E-state index contributed by atoms with van der Waals surface area (Å²) in [5.74, 6) is 1.31. The third-order valence-electron chi connectivity index (χ3n) is 4.64. The lowest BCUT2D eigenvalue weighted by molar-refractivity contribution is -0.129. The highest BCUT2D eigenvalue weighted by atomic mass is 32.2. The minimum Gasteiger partial charge on any atom is -0.363 e. The standard InChI is InChI=1S/C17H29N5O3S/c1-7-26(24,25)21(6)11-15-18-14(9-16(19-15)20(4)5)13-8-17(23)22(10-13)12(2)3/h9,12-13H,7-8,10-11H2,1-6H3. The molecule has 0 spiro atoms. The first-order valence-corrected chi connectivity index (χ1v) is 10.4. The molecule has 1 unspecified atom stereocenters. The van der Waals surface area contributed by atoms with Crippen molar-refractivity contribution in [1.82, 2.24) is 19.2 Å². The number of carbonyl (C=O) groups excluding carboxylic acids is 1. The zero-order chi connectivity index (χ0) is 19.6. The summed E-state index contributed by atoms with van der Waals surface area (Å²) in [6, 6.07) is 2.04. The van der Waals surface area contributed by atoms with Gasteiger partial charge in [-0.05, 0) is 20.8 Å². The van der Waals surface area contributed by atoms with Crippen molar-refractivity contribution in [2.75, 3.05) is 38.3 Å². The monoisotopic (exact) mass is 383 g/mol. The molecule has 0 N–H and O–H groups in total. The zero-order valence-corrected chi connectivity index (χ0v) is 17.2. The molecular weight excluding hydrogens is 354 g/mol. The van der Waals surface area contributed by atoms with Gasteiger partial charge < -0.3 is 9.80 Å². The molecule has 8 nitrogen and oxygen atoms in total. The maximum atomic E-state index is 12.2. The Morgan fingerprint density at radius 3 is 2.42 bits per heavy atom. The van der Waals surface area contributed by atoms with Crippen molar-refractivity contribution < 1.29 is 13.2 Å². The van der Waals surface area contributed by atoms with Gasteiger partial charge in [0, 0.05) is 52.1 Å². The van der Waals surface area contributed by atoms with E-state index in [0.29, 0.717) is 24.6 Å². The van der Waals surface area contributed by atoms with E-state index in [2.05, 4.69) is 9.97 Å². The Kier molecular flexibility index (Phi) is 6.23. The van der Waals surface area contributed by atoms with Crippen LogP contribution in [-0.4, -0.2) is 73.0 Å². The lowest BCUT2D eigenvalue weighted by Gasteiger charge is -2.22. The Morgan fingerprint density at radius 2 is 1.92 bits per heavy atom. The van der Waals surface area contributed by atoms with Crippen molar-refractivity contribution in [3.05, 3.63) is 17.6 Å². The Labute approximate surface area is 156 Å². The van der Waals surface area contributed by atoms with Crippen LogP contribution < -0.4 is 4.90 Å². The van der Waals surface area contributed by atoms with Gasteiger partial charge >= 0.3 is 0 Å². The number of hydrogen-bond acceptors (Lipinski definition) is 6. The number of nitrogens with zero attached hydrogens (tertiary/aromatic N) is 5. The van der Waals surface area contributed by atoms with E-state index in [9.17, 15) is 13.2 Å². The van der Waals surface area contributed by atoms with Gasteiger partial charge in [0.05, 0.1) is 18.0 Å². The number of anilines is 1. The molecule has 1 aliphatic rings. The number of sulfonamides is 1. The van der Waals surface area contributed by atoms with E-state index in [0.717, 1.165) is 5.69 Å². The Hall–Kier alpha value is -1.74. The molecule has 9 heteroatoms. The van der Waals surface area contributed by atoms with Crippen molar-refractivity contribution in [3.8, 4) is 0 Å². The molecule has 1 amide bonds. The van der Waals surface area contributed by atoms with E-state index in [4.69, 9.17) is 0 Å². The molecule has 0 radical (unpaired) electrons. The van der Waals surface area contributed by atoms with E-state index in [-0.39, 0.29) is 30.2 Å². The second-order valence-corrected chi connectivity index (χ2v) is 9.52. The summed E-state index contributed by atoms with van der Waals surface area (Å²) < 4.78 is 25.3. The van der Waals surface area contributed by atoms with Crippen LogP contribution in [0.4, 0.5) is 5.82 Å². The summed E-state index contributed by atoms with van der Waals surface area (Å²) in [7, 11) is 1.97. The van der Waals surface area contributed by atoms with Crippen molar-refractivity contribution in [3.63, 3.8) is 0 Å². The number of likely N-dealkylation sites (tertiary alicyclic amines) is 1. The zero-order valence-electron chi connectivity index (χ0n) is 16.4. The first-order valence-electron chi connectivity index (χ1n) is 8.83. The SMILES string of the molecule is CCS(=O)(=O)N(C)Cc1nc(C2CC(=O)N(C(C)C)C2)cc(N(C)C)n1. The quantitative estimate of drug-likeness (QED) is 0.699. The average molecular weight is 384 g/mol. The molecule has 0 aliphatic carbocycles. The normalized spacial score (nSPS) is 18.2. The number of hydrogen-bond donors (Lipinski definition) is 0. The summed E-state index contributed by atoms with van der Waals surface area (Å²) in [4.78, 5) is 25.0. The summed E-state index contributed by atoms with van der Waals surface area (Å²) in [5.41, 5.74) is 0.789. The first kappa shape index (κ1) is 20.6. The molecule has 1 aliphatic heterocycles. The Morgan fingerprint density at radius 1 is 1.27 bits per heavy atom. The fraction of sp³-hybridized carbons (Fsp3) is 0.706. The van der Waals surface area contributed by atoms with Gasteiger partial charge in [0.15, 0.2) is 0 Å². The summed E-state index contributed by atoms with van der Waals surface area (Å²) in [6.45, 7) is 6.35. The third kappa shape index (κ3) is 4.50. The number of carbonyl (C=O) groups is 1. The molecule has 2 rings (SSSR count). The largest absolute Gasteiger partial charge is 0.363 e. The van der Waals surface area contributed by atoms with Gasteiger partial charge in [-0.25, -0.2) is 18.4 Å². The van der Waals surface area contributed by atoms with Crippen LogP contribution in [0.3, 0.4) is 0 Å². The minimum atomic E-state index is -3.31. The van der Waals surface area contributed by atoms with Crippen molar-refractivity contribution in [2.24, 2.45) is 0 Å². The highest BCUT2D eigenvalue weighted by Crippen LogP contribution is 2.30. The fourth-order valence-corrected chi connectivity index (χ4v) is 3.71. The van der Waals surface area contributed by atoms with Gasteiger partial charge in [-0.15, -0.1) is 0 Å². The number of amides is 1. The molecule has 2 heterocycles. The minimum absolute atomic E-state index is 0.00145. The Bertz CT molecular complexity index is 764. The van der Waals surface area contributed by atoms with E-state index in [1.807, 2.05) is 43.8 Å². The number of aromatic nitrogens is 2. The van der Waals surface area contributed by atoms with Crippen molar-refractivity contribution >= 4 is 21.7 Å². The molecule has 0 aromatic carbocycles. The molecule has 1 aromatic rings. The average Bonchev–Trinajstić information content (AvgIpc) is 2.96. The highest BCUT2D eigenvalue weighted by molar-refractivity contribution is 7.89. The van der Waals surface area contributed by atoms with Crippen LogP contribution in [-0.2, 0) is 21.4 Å². The predicted molar refractivity (Wildman–Crippen MR) is 101 cm³/mol. The maximum Gasteiger partial charge on any atom is 0.223 e. The van der Waals surface area contributed by atoms with Crippen LogP contribution in [0.1, 0.15) is 44.6 Å². The lowest BCUT2D eigenvalue weighted by atomic mass is 10.0. The predicted octanol–water partition coefficient (Wildman–Crippen LogP) is 1.05. The second kappa shape index (κ2) is 7.87. The topological polar surface area (TPSA) is 86.7 Å². The fourth-order valence-electron chi connectivity index (χ4n) is 2.96. The third-order valence-corrected chi connectivity index (χ3v) is 6.45. The molecule has 1 saturated heterocycles. The van der Waals surface area contributed by atoms with E-state index < -0.39 is 10.0 Å². The molecule has 1 fully saturated rings. The van der Waals surface area contributed by atoms with Crippen LogP contribution in [0.2, 0.25) is 0 Å². The summed E-state index contributed by atoms with van der Waals surface area (Å²) in [6.07, 6.45) is 0.421. The van der Waals surface area contributed by atoms with Gasteiger partial charge in [0.2, 0.25) is 15.9 Å². The molecular formula is C17H29N5O3S. The summed E-state index contributed by atoms with van der Waals surface area (Å²) in [5, 5.41) is 0. The Balaban J connectivity index is 2.33. The van der Waals surface area contributed by atoms with Crippen molar-refractivity contribution in [2.45, 2.75) is 45.7 Å². The molecule has 1 aromatic heterocycles. The van der Waals surface area contributed by atoms with E-state index in [1.54, 1.807) is 6.92 Å². The molecule has 0 bridgehead atoms. The van der Waals surface area contributed by atoms with E-state index >= 15 is 0 Å². The smallest absolute Gasteiger partial charge is 0.223 e. The van der Waals surface area contributed by atoms with Gasteiger partial charge in [-0.1, -0.05) is 0 Å².